The molecule has 4 unspecified atom stereocenters. The van der Waals surface area contributed by atoms with Gasteiger partial charge in [-0.25, -0.2) is 0 Å². The second-order valence-corrected chi connectivity index (χ2v) is 16.1. The third kappa shape index (κ3) is 4.08. The highest BCUT2D eigenvalue weighted by Crippen LogP contribution is 2.76. The van der Waals surface area contributed by atoms with Crippen LogP contribution in [0.1, 0.15) is 127 Å². The van der Waals surface area contributed by atoms with Crippen molar-refractivity contribution < 1.29 is 14.9 Å². The summed E-state index contributed by atoms with van der Waals surface area (Å²) in [6, 6.07) is 0. The summed E-state index contributed by atoms with van der Waals surface area (Å²) in [5.74, 6) is 2.07. The van der Waals surface area contributed by atoms with Crippen LogP contribution in [0.5, 0.6) is 0 Å². The Hall–Kier alpha value is -0.120. The summed E-state index contributed by atoms with van der Waals surface area (Å²) in [4.78, 5) is 0. The second kappa shape index (κ2) is 8.70. The van der Waals surface area contributed by atoms with Crippen molar-refractivity contribution in [3.8, 4) is 0 Å². The van der Waals surface area contributed by atoms with Crippen molar-refractivity contribution >= 4 is 0 Å². The number of aliphatic hydroxyl groups excluding tert-OH is 2. The molecule has 0 radical (unpaired) electrons. The van der Waals surface area contributed by atoms with Gasteiger partial charge in [0, 0.05) is 7.11 Å². The molecule has 4 aliphatic carbocycles. The van der Waals surface area contributed by atoms with Gasteiger partial charge in [0.05, 0.1) is 17.8 Å². The number of hydrogen-bond donors (Lipinski definition) is 2. The number of ether oxygens (including phenoxy) is 1. The molecule has 0 saturated heterocycles. The van der Waals surface area contributed by atoms with E-state index in [1.54, 1.807) is 0 Å². The molecule has 0 heterocycles. The van der Waals surface area contributed by atoms with Crippen LogP contribution < -0.4 is 0 Å². The van der Waals surface area contributed by atoms with Crippen molar-refractivity contribution in [1.82, 2.24) is 0 Å². The third-order valence-corrected chi connectivity index (χ3v) is 13.5. The van der Waals surface area contributed by atoms with Gasteiger partial charge in [-0.2, -0.15) is 0 Å². The molecule has 0 aromatic carbocycles. The third-order valence-electron chi connectivity index (χ3n) is 13.5. The summed E-state index contributed by atoms with van der Waals surface area (Å²) in [6.45, 7) is 21.7. The Labute approximate surface area is 217 Å². The molecule has 4 saturated carbocycles. The average Bonchev–Trinajstić information content (AvgIpc) is 3.14. The predicted octanol–water partition coefficient (Wildman–Crippen LogP) is 7.62. The van der Waals surface area contributed by atoms with Crippen LogP contribution in [0.25, 0.3) is 0 Å². The number of fused-ring (bicyclic) bond motifs is 5. The molecule has 4 fully saturated rings. The zero-order valence-electron chi connectivity index (χ0n) is 24.8. The Morgan fingerprint density at radius 3 is 2.06 bits per heavy atom. The van der Waals surface area contributed by atoms with Crippen LogP contribution in [0.4, 0.5) is 0 Å². The Morgan fingerprint density at radius 2 is 1.43 bits per heavy atom. The minimum atomic E-state index is -0.203. The molecule has 3 heteroatoms. The van der Waals surface area contributed by atoms with Gasteiger partial charge in [-0.3, -0.25) is 0 Å². The first-order chi connectivity index (χ1) is 16.0. The maximum Gasteiger partial charge on any atom is 0.0622 e. The van der Waals surface area contributed by atoms with E-state index in [2.05, 4.69) is 62.3 Å². The summed E-state index contributed by atoms with van der Waals surface area (Å²) in [5.41, 5.74) is 0.813. The summed E-state index contributed by atoms with van der Waals surface area (Å²) < 4.78 is 5.69. The lowest BCUT2D eigenvalue weighted by Crippen LogP contribution is -2.66. The van der Waals surface area contributed by atoms with Crippen LogP contribution in [0, 0.1) is 50.7 Å². The Bertz CT molecular complexity index is 786. The SMILES string of the molecule is COC(C)(C)CCCC(C)(C)C1CC[C@]2(C)C1[C@H](O)CC1[C@@]3(C)CC[C@H](O)C(C)(C)C3CC[C@]12C. The normalized spacial score (nSPS) is 47.7. The van der Waals surface area contributed by atoms with Gasteiger partial charge in [0.15, 0.2) is 0 Å². The van der Waals surface area contributed by atoms with Gasteiger partial charge in [0.2, 0.25) is 0 Å². The highest BCUT2D eigenvalue weighted by atomic mass is 16.5. The molecule has 4 aliphatic rings. The minimum absolute atomic E-state index is 0.0345. The molecule has 0 bridgehead atoms. The van der Waals surface area contributed by atoms with E-state index in [-0.39, 0.29) is 44.9 Å². The Balaban J connectivity index is 1.60. The zero-order chi connectivity index (χ0) is 26.2. The molecule has 0 aromatic heterocycles. The van der Waals surface area contributed by atoms with Crippen LogP contribution in [0.15, 0.2) is 0 Å². The highest BCUT2D eigenvalue weighted by molar-refractivity contribution is 5.19. The lowest BCUT2D eigenvalue weighted by atomic mass is 9.35. The van der Waals surface area contributed by atoms with E-state index < -0.39 is 0 Å². The molecule has 4 rings (SSSR count). The Kier molecular flexibility index (Phi) is 6.94. The fourth-order valence-corrected chi connectivity index (χ4v) is 10.9. The highest BCUT2D eigenvalue weighted by Gasteiger charge is 2.70. The topological polar surface area (TPSA) is 49.7 Å². The van der Waals surface area contributed by atoms with Crippen LogP contribution >= 0.6 is 0 Å². The van der Waals surface area contributed by atoms with Crippen molar-refractivity contribution in [3.05, 3.63) is 0 Å². The number of hydrogen-bond acceptors (Lipinski definition) is 3. The monoisotopic (exact) mass is 490 g/mol. The molecule has 0 aromatic rings. The van der Waals surface area contributed by atoms with Crippen molar-refractivity contribution in [2.45, 2.75) is 144 Å². The van der Waals surface area contributed by atoms with Crippen LogP contribution in [-0.2, 0) is 4.74 Å². The minimum Gasteiger partial charge on any atom is -0.393 e. The smallest absolute Gasteiger partial charge is 0.0622 e. The summed E-state index contributed by atoms with van der Waals surface area (Å²) in [7, 11) is 1.83. The van der Waals surface area contributed by atoms with Gasteiger partial charge in [-0.1, -0.05) is 54.9 Å². The van der Waals surface area contributed by atoms with Gasteiger partial charge in [0.25, 0.3) is 0 Å². The second-order valence-electron chi connectivity index (χ2n) is 16.1. The lowest BCUT2D eigenvalue weighted by Gasteiger charge is -2.70. The zero-order valence-corrected chi connectivity index (χ0v) is 24.8. The molecular weight excluding hydrogens is 432 g/mol. The van der Waals surface area contributed by atoms with E-state index >= 15 is 0 Å². The van der Waals surface area contributed by atoms with E-state index in [4.69, 9.17) is 4.74 Å². The maximum atomic E-state index is 11.9. The van der Waals surface area contributed by atoms with Gasteiger partial charge in [-0.05, 0) is 122 Å². The van der Waals surface area contributed by atoms with Crippen molar-refractivity contribution in [2.75, 3.05) is 7.11 Å². The first-order valence-electron chi connectivity index (χ1n) is 14.9. The fourth-order valence-electron chi connectivity index (χ4n) is 10.9. The average molecular weight is 491 g/mol. The van der Waals surface area contributed by atoms with E-state index in [1.807, 2.05) is 7.11 Å². The van der Waals surface area contributed by atoms with E-state index in [0.29, 0.717) is 23.7 Å². The molecular formula is C32H58O3. The summed E-state index contributed by atoms with van der Waals surface area (Å²) in [5, 5.41) is 22.8. The molecule has 3 nitrogen and oxygen atoms in total. The van der Waals surface area contributed by atoms with E-state index in [9.17, 15) is 10.2 Å². The van der Waals surface area contributed by atoms with Gasteiger partial charge in [-0.15, -0.1) is 0 Å². The van der Waals surface area contributed by atoms with Gasteiger partial charge in [0.1, 0.15) is 0 Å². The predicted molar refractivity (Wildman–Crippen MR) is 145 cm³/mol. The molecule has 2 N–H and O–H groups in total. The molecule has 0 spiro atoms. The largest absolute Gasteiger partial charge is 0.393 e. The van der Waals surface area contributed by atoms with Crippen LogP contribution in [0.2, 0.25) is 0 Å². The van der Waals surface area contributed by atoms with Crippen molar-refractivity contribution in [1.29, 1.82) is 0 Å². The quantitative estimate of drug-likeness (QED) is 0.402. The van der Waals surface area contributed by atoms with Crippen molar-refractivity contribution in [3.63, 3.8) is 0 Å². The first kappa shape index (κ1) is 27.9. The van der Waals surface area contributed by atoms with Crippen LogP contribution in [0.3, 0.4) is 0 Å². The van der Waals surface area contributed by atoms with Gasteiger partial charge < -0.3 is 14.9 Å². The number of methoxy groups -OCH3 is 1. The van der Waals surface area contributed by atoms with Crippen molar-refractivity contribution in [2.24, 2.45) is 50.7 Å². The lowest BCUT2D eigenvalue weighted by molar-refractivity contribution is -0.244. The van der Waals surface area contributed by atoms with E-state index in [0.717, 1.165) is 25.7 Å². The Morgan fingerprint density at radius 1 is 0.800 bits per heavy atom. The summed E-state index contributed by atoms with van der Waals surface area (Å²) in [6.07, 6.45) is 11.1. The maximum absolute atomic E-state index is 11.9. The fraction of sp³-hybridized carbons (Fsp3) is 1.00. The molecule has 9 atom stereocenters. The first-order valence-corrected chi connectivity index (χ1v) is 14.9. The molecule has 0 amide bonds. The molecule has 35 heavy (non-hydrogen) atoms. The van der Waals surface area contributed by atoms with Crippen LogP contribution in [-0.4, -0.2) is 35.1 Å². The molecule has 0 aliphatic heterocycles. The number of aliphatic hydroxyl groups is 2. The van der Waals surface area contributed by atoms with Gasteiger partial charge >= 0.3 is 0 Å². The summed E-state index contributed by atoms with van der Waals surface area (Å²) >= 11 is 0. The van der Waals surface area contributed by atoms with E-state index in [1.165, 1.54) is 38.5 Å². The standard InChI is InChI=1S/C32H58O3/c1-27(2,15-11-16-28(3,4)35-10)21-12-18-32(9)26(21)22(33)20-24-30(7)17-14-25(34)29(5,6)23(30)13-19-31(24,32)8/h21-26,33-34H,11-20H2,1-10H3/t21?,22-,23?,24?,25+,26?,30+,31-,32-/m1/s1. The number of rotatable bonds is 6. The molecule has 204 valence electrons.